The maximum Gasteiger partial charge on any atom is 0.241 e. The molecule has 0 aliphatic heterocycles. The maximum absolute atomic E-state index is 12.7. The van der Waals surface area contributed by atoms with E-state index in [1.807, 2.05) is 30.3 Å². The van der Waals surface area contributed by atoms with Gasteiger partial charge in [0, 0.05) is 6.04 Å². The summed E-state index contributed by atoms with van der Waals surface area (Å²) in [6.45, 7) is 2.12. The summed E-state index contributed by atoms with van der Waals surface area (Å²) in [7, 11) is -3.48. The summed E-state index contributed by atoms with van der Waals surface area (Å²) >= 11 is 0. The van der Waals surface area contributed by atoms with Crippen LogP contribution in [0.15, 0.2) is 53.4 Å². The maximum atomic E-state index is 12.7. The summed E-state index contributed by atoms with van der Waals surface area (Å²) in [5.74, 6) is 0. The lowest BCUT2D eigenvalue weighted by atomic mass is 9.88. The highest BCUT2D eigenvalue weighted by Crippen LogP contribution is 2.30. The molecule has 0 saturated heterocycles. The Hall–Kier alpha value is -1.65. The second kappa shape index (κ2) is 6.85. The minimum atomic E-state index is -3.48. The highest BCUT2D eigenvalue weighted by Gasteiger charge is 2.25. The number of hydrogen-bond donors (Lipinski definition) is 1. The summed E-state index contributed by atoms with van der Waals surface area (Å²) in [5, 5.41) is 0. The molecule has 3 rings (SSSR count). The van der Waals surface area contributed by atoms with Crippen molar-refractivity contribution < 1.29 is 8.42 Å². The predicted octanol–water partition coefficient (Wildman–Crippen LogP) is 4.00. The smallest absolute Gasteiger partial charge is 0.207 e. The van der Waals surface area contributed by atoms with E-state index in [4.69, 9.17) is 0 Å². The van der Waals surface area contributed by atoms with Gasteiger partial charge >= 0.3 is 0 Å². The van der Waals surface area contributed by atoms with Crippen molar-refractivity contribution in [2.45, 2.75) is 50.0 Å². The molecule has 0 radical (unpaired) electrons. The zero-order chi connectivity index (χ0) is 16.3. The molecule has 4 heteroatoms. The van der Waals surface area contributed by atoms with Gasteiger partial charge in [-0.05, 0) is 54.5 Å². The van der Waals surface area contributed by atoms with Gasteiger partial charge in [-0.2, -0.15) is 0 Å². The average molecular weight is 329 g/mol. The number of sulfonamides is 1. The van der Waals surface area contributed by atoms with Crippen molar-refractivity contribution in [3.05, 3.63) is 65.2 Å². The lowest BCUT2D eigenvalue weighted by molar-refractivity contribution is 0.507. The molecular weight excluding hydrogens is 306 g/mol. The Kier molecular flexibility index (Phi) is 4.83. The van der Waals surface area contributed by atoms with E-state index in [-0.39, 0.29) is 6.04 Å². The lowest BCUT2D eigenvalue weighted by Crippen LogP contribution is -2.31. The number of benzene rings is 2. The molecule has 0 saturated carbocycles. The van der Waals surface area contributed by atoms with Crippen LogP contribution in [-0.2, 0) is 22.9 Å². The Bertz CT molecular complexity index is 766. The van der Waals surface area contributed by atoms with Crippen molar-refractivity contribution in [1.82, 2.24) is 4.72 Å². The standard InChI is InChI=1S/C19H23NO2S/c1-2-6-15-11-13-17(14-12-15)23(21,22)20-19-10-5-8-16-7-3-4-9-18(16)19/h3-4,7,9,11-14,19-20H,2,5-6,8,10H2,1H3. The molecule has 1 aliphatic rings. The van der Waals surface area contributed by atoms with Crippen LogP contribution in [0.25, 0.3) is 0 Å². The SMILES string of the molecule is CCCc1ccc(S(=O)(=O)NC2CCCc3ccccc32)cc1. The molecule has 0 amide bonds. The molecule has 0 aromatic heterocycles. The van der Waals surface area contributed by atoms with Crippen LogP contribution in [0.5, 0.6) is 0 Å². The van der Waals surface area contributed by atoms with E-state index in [0.717, 1.165) is 37.7 Å². The normalized spacial score (nSPS) is 17.7. The second-order valence-corrected chi connectivity index (χ2v) is 7.87. The van der Waals surface area contributed by atoms with Crippen LogP contribution in [0.1, 0.15) is 48.9 Å². The molecule has 0 bridgehead atoms. The van der Waals surface area contributed by atoms with Crippen LogP contribution in [-0.4, -0.2) is 8.42 Å². The van der Waals surface area contributed by atoms with E-state index in [2.05, 4.69) is 17.7 Å². The van der Waals surface area contributed by atoms with Gasteiger partial charge in [0.15, 0.2) is 0 Å². The summed E-state index contributed by atoms with van der Waals surface area (Å²) in [6, 6.07) is 15.2. The zero-order valence-corrected chi connectivity index (χ0v) is 14.3. The Labute approximate surface area is 138 Å². The predicted molar refractivity (Wildman–Crippen MR) is 92.9 cm³/mol. The van der Waals surface area contributed by atoms with E-state index in [9.17, 15) is 8.42 Å². The van der Waals surface area contributed by atoms with Crippen LogP contribution >= 0.6 is 0 Å². The molecule has 3 nitrogen and oxygen atoms in total. The quantitative estimate of drug-likeness (QED) is 0.901. The van der Waals surface area contributed by atoms with Crippen molar-refractivity contribution >= 4 is 10.0 Å². The van der Waals surface area contributed by atoms with Crippen molar-refractivity contribution in [2.75, 3.05) is 0 Å². The van der Waals surface area contributed by atoms with Crippen molar-refractivity contribution in [2.24, 2.45) is 0 Å². The van der Waals surface area contributed by atoms with Crippen molar-refractivity contribution in [3.63, 3.8) is 0 Å². The molecule has 0 heterocycles. The van der Waals surface area contributed by atoms with E-state index in [1.165, 1.54) is 11.1 Å². The van der Waals surface area contributed by atoms with Gasteiger partial charge in [-0.25, -0.2) is 13.1 Å². The van der Waals surface area contributed by atoms with Gasteiger partial charge in [0.25, 0.3) is 0 Å². The van der Waals surface area contributed by atoms with E-state index in [1.54, 1.807) is 12.1 Å². The minimum absolute atomic E-state index is 0.125. The molecule has 2 aromatic carbocycles. The first-order chi connectivity index (χ1) is 11.1. The Morgan fingerprint density at radius 1 is 1.09 bits per heavy atom. The number of rotatable bonds is 5. The molecule has 2 aromatic rings. The first-order valence-electron chi connectivity index (χ1n) is 8.29. The monoisotopic (exact) mass is 329 g/mol. The number of nitrogens with one attached hydrogen (secondary N) is 1. The van der Waals surface area contributed by atoms with Gasteiger partial charge in [-0.3, -0.25) is 0 Å². The van der Waals surface area contributed by atoms with Gasteiger partial charge in [0.2, 0.25) is 10.0 Å². The third-order valence-electron chi connectivity index (χ3n) is 4.44. The number of aryl methyl sites for hydroxylation is 2. The minimum Gasteiger partial charge on any atom is -0.207 e. The topological polar surface area (TPSA) is 46.2 Å². The summed E-state index contributed by atoms with van der Waals surface area (Å²) in [6.07, 6.45) is 4.93. The van der Waals surface area contributed by atoms with Crippen LogP contribution in [0.2, 0.25) is 0 Å². The number of fused-ring (bicyclic) bond motifs is 1. The summed E-state index contributed by atoms with van der Waals surface area (Å²) in [4.78, 5) is 0.348. The largest absolute Gasteiger partial charge is 0.241 e. The van der Waals surface area contributed by atoms with Gasteiger partial charge in [-0.1, -0.05) is 49.7 Å². The number of hydrogen-bond acceptors (Lipinski definition) is 2. The Morgan fingerprint density at radius 2 is 1.83 bits per heavy atom. The molecule has 1 unspecified atom stereocenters. The molecule has 0 fully saturated rings. The fraction of sp³-hybridized carbons (Fsp3) is 0.368. The molecule has 0 spiro atoms. The fourth-order valence-electron chi connectivity index (χ4n) is 3.26. The van der Waals surface area contributed by atoms with Gasteiger partial charge in [0.05, 0.1) is 4.90 Å². The third-order valence-corrected chi connectivity index (χ3v) is 5.93. The summed E-state index contributed by atoms with van der Waals surface area (Å²) in [5.41, 5.74) is 3.55. The first-order valence-corrected chi connectivity index (χ1v) is 9.77. The van der Waals surface area contributed by atoms with Crippen molar-refractivity contribution in [1.29, 1.82) is 0 Å². The van der Waals surface area contributed by atoms with Crippen LogP contribution in [0.3, 0.4) is 0 Å². The second-order valence-electron chi connectivity index (χ2n) is 6.16. The Balaban J connectivity index is 1.82. The highest BCUT2D eigenvalue weighted by atomic mass is 32.2. The van der Waals surface area contributed by atoms with Crippen LogP contribution < -0.4 is 4.72 Å². The zero-order valence-electron chi connectivity index (χ0n) is 13.5. The average Bonchev–Trinajstić information content (AvgIpc) is 2.56. The lowest BCUT2D eigenvalue weighted by Gasteiger charge is -2.26. The van der Waals surface area contributed by atoms with E-state index >= 15 is 0 Å². The van der Waals surface area contributed by atoms with Crippen LogP contribution in [0, 0.1) is 0 Å². The summed E-state index contributed by atoms with van der Waals surface area (Å²) < 4.78 is 28.2. The third kappa shape index (κ3) is 3.65. The van der Waals surface area contributed by atoms with Gasteiger partial charge in [-0.15, -0.1) is 0 Å². The van der Waals surface area contributed by atoms with E-state index in [0.29, 0.717) is 4.90 Å². The highest BCUT2D eigenvalue weighted by molar-refractivity contribution is 7.89. The molecule has 1 atom stereocenters. The van der Waals surface area contributed by atoms with Crippen molar-refractivity contribution in [3.8, 4) is 0 Å². The molecule has 1 aliphatic carbocycles. The molecular formula is C19H23NO2S. The first kappa shape index (κ1) is 16.2. The molecule has 1 N–H and O–H groups in total. The fourth-order valence-corrected chi connectivity index (χ4v) is 4.51. The molecule has 23 heavy (non-hydrogen) atoms. The molecule has 122 valence electrons. The van der Waals surface area contributed by atoms with Gasteiger partial charge < -0.3 is 0 Å². The van der Waals surface area contributed by atoms with Crippen LogP contribution in [0.4, 0.5) is 0 Å². The van der Waals surface area contributed by atoms with E-state index < -0.39 is 10.0 Å². The Morgan fingerprint density at radius 3 is 2.57 bits per heavy atom. The van der Waals surface area contributed by atoms with Gasteiger partial charge in [0.1, 0.15) is 0 Å².